The quantitative estimate of drug-likeness (QED) is 0.457. The lowest BCUT2D eigenvalue weighted by atomic mass is 9.86. The van der Waals surface area contributed by atoms with Crippen LogP contribution in [0, 0.1) is 0 Å². The van der Waals surface area contributed by atoms with Crippen LogP contribution in [-0.4, -0.2) is 24.5 Å². The lowest BCUT2D eigenvalue weighted by Gasteiger charge is -2.23. The summed E-state index contributed by atoms with van der Waals surface area (Å²) in [7, 11) is 0. The van der Waals surface area contributed by atoms with Gasteiger partial charge in [-0.25, -0.2) is 0 Å². The molecule has 0 saturated heterocycles. The molecular weight excluding hydrogens is 492 g/mol. The second-order valence-electron chi connectivity index (χ2n) is 9.23. The number of nitrogens with one attached hydrogen (secondary N) is 2. The minimum Gasteiger partial charge on any atom is -0.483 e. The van der Waals surface area contributed by atoms with Gasteiger partial charge in [0.05, 0.1) is 10.6 Å². The summed E-state index contributed by atoms with van der Waals surface area (Å²) < 4.78 is 6.77. The van der Waals surface area contributed by atoms with E-state index in [2.05, 4.69) is 47.3 Å². The molecule has 3 rings (SSSR count). The molecule has 0 radical (unpaired) electrons. The fraction of sp³-hybridized carbons (Fsp3) is 0.440. The molecule has 0 heterocycles. The second kappa shape index (κ2) is 10.7. The molecule has 0 spiro atoms. The Morgan fingerprint density at radius 3 is 2.50 bits per heavy atom. The van der Waals surface area contributed by atoms with Crippen molar-refractivity contribution in [2.45, 2.75) is 64.3 Å². The Morgan fingerprint density at radius 2 is 1.81 bits per heavy atom. The highest BCUT2D eigenvalue weighted by Gasteiger charge is 2.21. The van der Waals surface area contributed by atoms with E-state index >= 15 is 0 Å². The predicted molar refractivity (Wildman–Crippen MR) is 133 cm³/mol. The third kappa shape index (κ3) is 6.72. The summed E-state index contributed by atoms with van der Waals surface area (Å²) in [5, 5.41) is 6.22. The van der Waals surface area contributed by atoms with Crippen LogP contribution < -0.4 is 15.4 Å². The maximum Gasteiger partial charge on any atom is 0.262 e. The van der Waals surface area contributed by atoms with Crippen LogP contribution in [0.1, 0.15) is 68.8 Å². The van der Waals surface area contributed by atoms with Crippen molar-refractivity contribution in [3.05, 3.63) is 57.0 Å². The average molecular weight is 522 g/mol. The summed E-state index contributed by atoms with van der Waals surface area (Å²) in [6.45, 7) is 6.14. The van der Waals surface area contributed by atoms with Crippen molar-refractivity contribution in [3.63, 3.8) is 0 Å². The van der Waals surface area contributed by atoms with Gasteiger partial charge >= 0.3 is 0 Å². The Balaban J connectivity index is 1.63. The van der Waals surface area contributed by atoms with E-state index < -0.39 is 0 Å². The molecule has 32 heavy (non-hydrogen) atoms. The maximum absolute atomic E-state index is 12.7. The molecule has 1 fully saturated rings. The number of halogens is 2. The van der Waals surface area contributed by atoms with Gasteiger partial charge in [-0.3, -0.25) is 9.59 Å². The van der Waals surface area contributed by atoms with Crippen LogP contribution in [0.5, 0.6) is 5.75 Å². The monoisotopic (exact) mass is 520 g/mol. The Hall–Kier alpha value is -2.05. The van der Waals surface area contributed by atoms with Gasteiger partial charge in [0.25, 0.3) is 11.8 Å². The summed E-state index contributed by atoms with van der Waals surface area (Å²) in [5.41, 5.74) is 1.74. The largest absolute Gasteiger partial charge is 0.483 e. The normalized spacial score (nSPS) is 14.7. The molecule has 2 N–H and O–H groups in total. The van der Waals surface area contributed by atoms with Crippen molar-refractivity contribution < 1.29 is 14.3 Å². The highest BCUT2D eigenvalue weighted by molar-refractivity contribution is 9.10. The molecule has 2 aromatic rings. The van der Waals surface area contributed by atoms with E-state index in [0.29, 0.717) is 22.0 Å². The SMILES string of the molecule is CC(C)(C)c1cc(Br)ccc1OCC(=O)Nc1ccc(Cl)c(C(=O)NC2CCCCC2)c1. The maximum atomic E-state index is 12.7. The second-order valence-corrected chi connectivity index (χ2v) is 10.6. The van der Waals surface area contributed by atoms with Crippen LogP contribution in [0.2, 0.25) is 5.02 Å². The minimum absolute atomic E-state index is 0.133. The first-order valence-corrected chi connectivity index (χ1v) is 12.1. The van der Waals surface area contributed by atoms with Crippen molar-refractivity contribution in [3.8, 4) is 5.75 Å². The van der Waals surface area contributed by atoms with E-state index in [1.165, 1.54) is 6.42 Å². The molecule has 1 aliphatic rings. The first-order chi connectivity index (χ1) is 15.1. The van der Waals surface area contributed by atoms with Crippen LogP contribution in [0.3, 0.4) is 0 Å². The first-order valence-electron chi connectivity index (χ1n) is 11.0. The molecule has 1 aliphatic carbocycles. The zero-order valence-corrected chi connectivity index (χ0v) is 21.1. The van der Waals surface area contributed by atoms with Crippen LogP contribution >= 0.6 is 27.5 Å². The zero-order valence-electron chi connectivity index (χ0n) is 18.8. The molecule has 2 aromatic carbocycles. The molecule has 0 aromatic heterocycles. The number of benzene rings is 2. The molecule has 5 nitrogen and oxygen atoms in total. The van der Waals surface area contributed by atoms with Gasteiger partial charge in [0, 0.05) is 21.8 Å². The van der Waals surface area contributed by atoms with Gasteiger partial charge in [0.15, 0.2) is 6.61 Å². The molecule has 0 unspecified atom stereocenters. The molecule has 0 atom stereocenters. The number of hydrogen-bond acceptors (Lipinski definition) is 3. The van der Waals surface area contributed by atoms with Gasteiger partial charge in [-0.1, -0.05) is 67.6 Å². The number of carbonyl (C=O) groups excluding carboxylic acids is 2. The first kappa shape index (κ1) is 24.6. The Morgan fingerprint density at radius 1 is 1.09 bits per heavy atom. The van der Waals surface area contributed by atoms with E-state index in [-0.39, 0.29) is 29.9 Å². The third-order valence-corrected chi connectivity index (χ3v) is 6.37. The molecule has 0 bridgehead atoms. The third-order valence-electron chi connectivity index (χ3n) is 5.54. The number of amides is 2. The molecule has 7 heteroatoms. The van der Waals surface area contributed by atoms with Crippen molar-refractivity contribution in [1.82, 2.24) is 5.32 Å². The molecule has 0 aliphatic heterocycles. The fourth-order valence-corrected chi connectivity index (χ4v) is 4.41. The van der Waals surface area contributed by atoms with Crippen molar-refractivity contribution in [2.75, 3.05) is 11.9 Å². The van der Waals surface area contributed by atoms with Gasteiger partial charge in [-0.2, -0.15) is 0 Å². The minimum atomic E-state index is -0.311. The average Bonchev–Trinajstić information content (AvgIpc) is 2.74. The number of hydrogen-bond donors (Lipinski definition) is 2. The lowest BCUT2D eigenvalue weighted by Crippen LogP contribution is -2.36. The van der Waals surface area contributed by atoms with Crippen molar-refractivity contribution in [1.29, 1.82) is 0 Å². The topological polar surface area (TPSA) is 67.4 Å². The van der Waals surface area contributed by atoms with E-state index in [4.69, 9.17) is 16.3 Å². The summed E-state index contributed by atoms with van der Waals surface area (Å²) in [4.78, 5) is 25.2. The van der Waals surface area contributed by atoms with E-state index in [0.717, 1.165) is 35.7 Å². The van der Waals surface area contributed by atoms with Crippen LogP contribution in [0.4, 0.5) is 5.69 Å². The van der Waals surface area contributed by atoms with E-state index in [1.807, 2.05) is 18.2 Å². The number of rotatable bonds is 6. The molecule has 172 valence electrons. The van der Waals surface area contributed by atoms with Gasteiger partial charge < -0.3 is 15.4 Å². The van der Waals surface area contributed by atoms with Crippen LogP contribution in [0.25, 0.3) is 0 Å². The van der Waals surface area contributed by atoms with Crippen molar-refractivity contribution >= 4 is 45.0 Å². The highest BCUT2D eigenvalue weighted by Crippen LogP contribution is 2.33. The zero-order chi connectivity index (χ0) is 23.3. The summed E-state index contributed by atoms with van der Waals surface area (Å²) >= 11 is 9.75. The van der Waals surface area contributed by atoms with Gasteiger partial charge in [-0.05, 0) is 54.7 Å². The van der Waals surface area contributed by atoms with Crippen LogP contribution in [-0.2, 0) is 10.2 Å². The Labute approximate surface area is 203 Å². The lowest BCUT2D eigenvalue weighted by molar-refractivity contribution is -0.118. The number of anilines is 1. The predicted octanol–water partition coefficient (Wildman–Crippen LogP) is 6.48. The van der Waals surface area contributed by atoms with Crippen molar-refractivity contribution in [2.24, 2.45) is 0 Å². The summed E-state index contributed by atoms with van der Waals surface area (Å²) in [5.74, 6) is 0.146. The number of ether oxygens (including phenoxy) is 1. The highest BCUT2D eigenvalue weighted by atomic mass is 79.9. The molecule has 1 saturated carbocycles. The van der Waals surface area contributed by atoms with E-state index in [1.54, 1.807) is 18.2 Å². The number of carbonyl (C=O) groups is 2. The van der Waals surface area contributed by atoms with E-state index in [9.17, 15) is 9.59 Å². The van der Waals surface area contributed by atoms with Gasteiger partial charge in [0.1, 0.15) is 5.75 Å². The van der Waals surface area contributed by atoms with Gasteiger partial charge in [0.2, 0.25) is 0 Å². The summed E-state index contributed by atoms with van der Waals surface area (Å²) in [6.07, 6.45) is 5.45. The summed E-state index contributed by atoms with van der Waals surface area (Å²) in [6, 6.07) is 10.8. The Bertz CT molecular complexity index is 982. The Kier molecular flexibility index (Phi) is 8.23. The molecule has 2 amide bonds. The van der Waals surface area contributed by atoms with Gasteiger partial charge in [-0.15, -0.1) is 0 Å². The molecular formula is C25H30BrClN2O3. The van der Waals surface area contributed by atoms with Crippen LogP contribution in [0.15, 0.2) is 40.9 Å². The smallest absolute Gasteiger partial charge is 0.262 e. The fourth-order valence-electron chi connectivity index (χ4n) is 3.84. The standard InChI is InChI=1S/C25H30BrClN2O3/c1-25(2,3)20-13-16(26)9-12-22(20)32-15-23(30)28-18-10-11-21(27)19(14-18)24(31)29-17-7-5-4-6-8-17/h9-14,17H,4-8,15H2,1-3H3,(H,28,30)(H,29,31).